The number of likely N-dealkylation sites (tertiary alicyclic amines) is 2. The van der Waals surface area contributed by atoms with Crippen LogP contribution in [0.25, 0.3) is 0 Å². The lowest BCUT2D eigenvalue weighted by atomic mass is 9.93. The van der Waals surface area contributed by atoms with Crippen LogP contribution in [0.2, 0.25) is 10.0 Å². The average Bonchev–Trinajstić information content (AvgIpc) is 3.81. The van der Waals surface area contributed by atoms with Crippen LogP contribution in [0.5, 0.6) is 0 Å². The van der Waals surface area contributed by atoms with Gasteiger partial charge in [0.2, 0.25) is 11.8 Å². The number of benzene rings is 2. The van der Waals surface area contributed by atoms with Gasteiger partial charge in [-0.05, 0) is 115 Å². The number of anilines is 2. The van der Waals surface area contributed by atoms with Gasteiger partial charge in [-0.3, -0.25) is 19.4 Å². The lowest BCUT2D eigenvalue weighted by molar-refractivity contribution is -0.122. The van der Waals surface area contributed by atoms with Crippen LogP contribution in [-0.2, 0) is 19.1 Å². The molecule has 2 aliphatic heterocycles. The summed E-state index contributed by atoms with van der Waals surface area (Å²) in [5, 5.41) is 5.09. The first-order valence-corrected chi connectivity index (χ1v) is 18.6. The maximum atomic E-state index is 14.1. The summed E-state index contributed by atoms with van der Waals surface area (Å²) >= 11 is 11.6. The molecule has 0 unspecified atom stereocenters. The average molecular weight is 766 g/mol. The Bertz CT molecular complexity index is 1560. The summed E-state index contributed by atoms with van der Waals surface area (Å²) in [7, 11) is 0. The maximum absolute atomic E-state index is 14.1. The van der Waals surface area contributed by atoms with Gasteiger partial charge in [0.25, 0.3) is 0 Å². The third-order valence-corrected chi connectivity index (χ3v) is 10.6. The molecular weight excluding hydrogens is 717 g/mol. The summed E-state index contributed by atoms with van der Waals surface area (Å²) in [5.41, 5.74) is -1.25. The van der Waals surface area contributed by atoms with E-state index in [4.69, 9.17) is 32.7 Å². The summed E-state index contributed by atoms with van der Waals surface area (Å²) in [5.74, 6) is -1.43. The fourth-order valence-electron chi connectivity index (χ4n) is 7.91. The van der Waals surface area contributed by atoms with Crippen molar-refractivity contribution < 1.29 is 37.4 Å². The molecule has 2 heterocycles. The molecule has 2 aromatic carbocycles. The number of rotatable bonds is 4. The fourth-order valence-corrected chi connectivity index (χ4v) is 8.26. The Morgan fingerprint density at radius 2 is 1.02 bits per heavy atom. The number of hydrogen-bond donors (Lipinski definition) is 2. The molecule has 284 valence electrons. The Hall–Kier alpha value is -3.64. The molecule has 10 nitrogen and oxygen atoms in total. The Morgan fingerprint density at radius 3 is 1.37 bits per heavy atom. The molecule has 4 fully saturated rings. The lowest BCUT2D eigenvalue weighted by Gasteiger charge is -2.29. The molecule has 0 aromatic heterocycles. The molecule has 14 heteroatoms. The van der Waals surface area contributed by atoms with Crippen LogP contribution in [0, 0.1) is 35.3 Å². The van der Waals surface area contributed by atoms with E-state index in [-0.39, 0.29) is 45.1 Å². The third-order valence-electron chi connectivity index (χ3n) is 9.99. The third kappa shape index (κ3) is 9.10. The summed E-state index contributed by atoms with van der Waals surface area (Å²) in [6.07, 6.45) is 4.79. The van der Waals surface area contributed by atoms with Gasteiger partial charge < -0.3 is 20.1 Å². The minimum absolute atomic E-state index is 0.0214. The molecule has 0 radical (unpaired) electrons. The lowest BCUT2D eigenvalue weighted by Crippen LogP contribution is -2.47. The molecule has 2 aromatic rings. The highest BCUT2D eigenvalue weighted by Gasteiger charge is 2.52. The van der Waals surface area contributed by atoms with Crippen LogP contribution in [0.3, 0.4) is 0 Å². The van der Waals surface area contributed by atoms with Crippen LogP contribution in [-0.4, -0.2) is 70.2 Å². The van der Waals surface area contributed by atoms with E-state index in [1.54, 1.807) is 53.7 Å². The van der Waals surface area contributed by atoms with Crippen molar-refractivity contribution in [2.24, 2.45) is 23.7 Å². The molecule has 4 amide bonds. The second-order valence-corrected chi connectivity index (χ2v) is 16.9. The van der Waals surface area contributed by atoms with E-state index in [1.807, 2.05) is 0 Å². The summed E-state index contributed by atoms with van der Waals surface area (Å²) in [6, 6.07) is 7.58. The van der Waals surface area contributed by atoms with E-state index in [9.17, 15) is 28.0 Å². The van der Waals surface area contributed by atoms with Crippen molar-refractivity contribution in [3.8, 4) is 0 Å². The van der Waals surface area contributed by atoms with Gasteiger partial charge in [0.05, 0.1) is 21.4 Å². The standard InChI is InChI=1S/2C19H24ClFN2O3/c2*1-19(2,3)26-18(25)23-10-11-6-4-7-12(11)16(23)17(24)22-14-9-5-8-13(20)15(14)21/h2*5,8-9,11-12,16H,4,6-7,10H2,1-3H3,(H,22,24)/t2*11-,12-,16-/m00/s1. The van der Waals surface area contributed by atoms with Gasteiger partial charge >= 0.3 is 12.2 Å². The predicted octanol–water partition coefficient (Wildman–Crippen LogP) is 8.91. The molecule has 0 bridgehead atoms. The van der Waals surface area contributed by atoms with Gasteiger partial charge in [-0.2, -0.15) is 0 Å². The van der Waals surface area contributed by atoms with Crippen molar-refractivity contribution in [1.29, 1.82) is 0 Å². The number of carbonyl (C=O) groups excluding carboxylic acids is 4. The van der Waals surface area contributed by atoms with Crippen LogP contribution < -0.4 is 10.6 Å². The summed E-state index contributed by atoms with van der Waals surface area (Å²) in [4.78, 5) is 54.1. The predicted molar refractivity (Wildman–Crippen MR) is 195 cm³/mol. The molecule has 2 aliphatic carbocycles. The van der Waals surface area contributed by atoms with E-state index in [1.165, 1.54) is 34.1 Å². The number of fused-ring (bicyclic) bond motifs is 2. The Morgan fingerprint density at radius 1 is 0.654 bits per heavy atom. The summed E-state index contributed by atoms with van der Waals surface area (Å²) < 4.78 is 39.2. The summed E-state index contributed by atoms with van der Waals surface area (Å²) in [6.45, 7) is 11.7. The number of nitrogens with zero attached hydrogens (tertiary/aromatic N) is 2. The minimum atomic E-state index is -0.674. The zero-order valence-corrected chi connectivity index (χ0v) is 32.0. The maximum Gasteiger partial charge on any atom is 0.410 e. The highest BCUT2D eigenvalue weighted by molar-refractivity contribution is 6.31. The van der Waals surface area contributed by atoms with Gasteiger partial charge in [0.1, 0.15) is 23.3 Å². The molecule has 2 saturated heterocycles. The number of ether oxygens (including phenoxy) is 2. The first-order chi connectivity index (χ1) is 24.3. The Labute approximate surface area is 313 Å². The highest BCUT2D eigenvalue weighted by Crippen LogP contribution is 2.44. The normalized spacial score (nSPS) is 25.1. The molecule has 6 rings (SSSR count). The van der Waals surface area contributed by atoms with Crippen LogP contribution in [0.15, 0.2) is 36.4 Å². The monoisotopic (exact) mass is 764 g/mol. The Kier molecular flexibility index (Phi) is 12.0. The fraction of sp³-hybridized carbons (Fsp3) is 0.579. The van der Waals surface area contributed by atoms with E-state index in [2.05, 4.69) is 10.6 Å². The minimum Gasteiger partial charge on any atom is -0.444 e. The molecule has 4 aliphatic rings. The van der Waals surface area contributed by atoms with Crippen molar-refractivity contribution in [3.05, 3.63) is 58.1 Å². The quantitative estimate of drug-likeness (QED) is 0.321. The zero-order chi connectivity index (χ0) is 38.1. The molecule has 0 spiro atoms. The van der Waals surface area contributed by atoms with Crippen LogP contribution >= 0.6 is 23.2 Å². The molecule has 6 atom stereocenters. The topological polar surface area (TPSA) is 117 Å². The highest BCUT2D eigenvalue weighted by atomic mass is 35.5. The largest absolute Gasteiger partial charge is 0.444 e. The van der Waals surface area contributed by atoms with Gasteiger partial charge in [-0.25, -0.2) is 18.4 Å². The van der Waals surface area contributed by atoms with E-state index in [0.29, 0.717) is 13.1 Å². The van der Waals surface area contributed by atoms with E-state index in [0.717, 1.165) is 38.5 Å². The van der Waals surface area contributed by atoms with Crippen molar-refractivity contribution in [3.63, 3.8) is 0 Å². The van der Waals surface area contributed by atoms with Gasteiger partial charge in [0.15, 0.2) is 11.6 Å². The zero-order valence-electron chi connectivity index (χ0n) is 30.4. The van der Waals surface area contributed by atoms with Crippen molar-refractivity contribution in [1.82, 2.24) is 9.80 Å². The first kappa shape index (κ1) is 39.6. The SMILES string of the molecule is CC(C)(C)OC(=O)N1C[C@@H]2CCC[C@@H]2[C@H]1C(=O)Nc1cccc(Cl)c1F.CC(C)(C)OC(=O)N1C[C@@H]2CCC[C@@H]2[C@H]1C(=O)Nc1cccc(Cl)c1F. The van der Waals surface area contributed by atoms with Crippen molar-refractivity contribution >= 4 is 58.6 Å². The smallest absolute Gasteiger partial charge is 0.410 e. The molecule has 2 saturated carbocycles. The second kappa shape index (κ2) is 15.8. The first-order valence-electron chi connectivity index (χ1n) is 17.8. The number of hydrogen-bond acceptors (Lipinski definition) is 6. The second-order valence-electron chi connectivity index (χ2n) is 16.0. The number of halogens is 4. The molecular formula is C38H48Cl2F2N4O6. The molecule has 2 N–H and O–H groups in total. The molecule has 52 heavy (non-hydrogen) atoms. The van der Waals surface area contributed by atoms with Gasteiger partial charge in [-0.15, -0.1) is 0 Å². The number of nitrogens with one attached hydrogen (secondary N) is 2. The van der Waals surface area contributed by atoms with E-state index < -0.39 is 58.9 Å². The van der Waals surface area contributed by atoms with Crippen molar-refractivity contribution in [2.45, 2.75) is 103 Å². The van der Waals surface area contributed by atoms with Gasteiger partial charge in [-0.1, -0.05) is 48.2 Å². The number of carbonyl (C=O) groups is 4. The van der Waals surface area contributed by atoms with Gasteiger partial charge in [0, 0.05) is 13.1 Å². The van der Waals surface area contributed by atoms with Crippen LogP contribution in [0.4, 0.5) is 29.7 Å². The Balaban J connectivity index is 0.000000201. The number of amides is 4. The van der Waals surface area contributed by atoms with Crippen LogP contribution in [0.1, 0.15) is 80.1 Å². The van der Waals surface area contributed by atoms with Crippen molar-refractivity contribution in [2.75, 3.05) is 23.7 Å². The van der Waals surface area contributed by atoms with E-state index >= 15 is 0 Å².